The third kappa shape index (κ3) is 4.59. The number of nitriles is 1. The van der Waals surface area contributed by atoms with Crippen LogP contribution in [0.25, 0.3) is 0 Å². The van der Waals surface area contributed by atoms with Crippen molar-refractivity contribution in [2.24, 2.45) is 0 Å². The van der Waals surface area contributed by atoms with Crippen molar-refractivity contribution < 1.29 is 14.7 Å². The van der Waals surface area contributed by atoms with Crippen molar-refractivity contribution >= 4 is 23.6 Å². The zero-order valence-electron chi connectivity index (χ0n) is 11.4. The molecule has 0 aromatic heterocycles. The molecule has 0 aliphatic rings. The van der Waals surface area contributed by atoms with E-state index < -0.39 is 12.0 Å². The molecule has 0 saturated carbocycles. The number of carbonyl (C=O) groups is 2. The van der Waals surface area contributed by atoms with Gasteiger partial charge in [-0.15, -0.1) is 11.8 Å². The highest BCUT2D eigenvalue weighted by atomic mass is 32.2. The van der Waals surface area contributed by atoms with Gasteiger partial charge in [-0.05, 0) is 24.6 Å². The number of benzene rings is 1. The summed E-state index contributed by atoms with van der Waals surface area (Å²) in [4.78, 5) is 23.8. The average molecular weight is 292 g/mol. The maximum absolute atomic E-state index is 11.8. The van der Waals surface area contributed by atoms with Gasteiger partial charge in [0, 0.05) is 12.8 Å². The Bertz CT molecular complexity index is 522. The molecule has 1 amide bonds. The number of hydrogen-bond acceptors (Lipinski definition) is 4. The number of hydrogen-bond donors (Lipinski definition) is 1. The van der Waals surface area contributed by atoms with E-state index in [4.69, 9.17) is 10.4 Å². The Labute approximate surface area is 122 Å². The van der Waals surface area contributed by atoms with Crippen molar-refractivity contribution in [3.8, 4) is 6.07 Å². The standard InChI is InChI=1S/C14H16N2O3S/c1-10(14(18)19)16(2)13(17)9-20-8-12-5-3-11(7-15)4-6-12/h3-6,10H,8-9H2,1-2H3,(H,18,19). The average Bonchev–Trinajstić information content (AvgIpc) is 2.46. The summed E-state index contributed by atoms with van der Waals surface area (Å²) in [6.45, 7) is 1.48. The predicted octanol–water partition coefficient (Wildman–Crippen LogP) is 1.72. The molecule has 1 unspecified atom stereocenters. The molecule has 1 N–H and O–H groups in total. The zero-order valence-corrected chi connectivity index (χ0v) is 12.2. The van der Waals surface area contributed by atoms with Crippen LogP contribution in [-0.4, -0.2) is 40.7 Å². The fraction of sp³-hybridized carbons (Fsp3) is 0.357. The van der Waals surface area contributed by atoms with Crippen molar-refractivity contribution in [2.45, 2.75) is 18.7 Å². The normalized spacial score (nSPS) is 11.4. The highest BCUT2D eigenvalue weighted by Crippen LogP contribution is 2.14. The van der Waals surface area contributed by atoms with E-state index in [1.807, 2.05) is 18.2 Å². The summed E-state index contributed by atoms with van der Waals surface area (Å²) >= 11 is 1.42. The molecule has 0 bridgehead atoms. The molecule has 1 aromatic rings. The van der Waals surface area contributed by atoms with E-state index in [1.54, 1.807) is 12.1 Å². The highest BCUT2D eigenvalue weighted by molar-refractivity contribution is 7.99. The number of amides is 1. The minimum absolute atomic E-state index is 0.210. The van der Waals surface area contributed by atoms with Crippen molar-refractivity contribution in [2.75, 3.05) is 12.8 Å². The smallest absolute Gasteiger partial charge is 0.326 e. The van der Waals surface area contributed by atoms with E-state index in [2.05, 4.69) is 0 Å². The first-order chi connectivity index (χ1) is 9.45. The van der Waals surface area contributed by atoms with Gasteiger partial charge in [-0.1, -0.05) is 12.1 Å². The van der Waals surface area contributed by atoms with E-state index in [0.29, 0.717) is 11.3 Å². The number of nitrogens with zero attached hydrogens (tertiary/aromatic N) is 2. The Morgan fingerprint density at radius 3 is 2.50 bits per heavy atom. The van der Waals surface area contributed by atoms with Crippen LogP contribution < -0.4 is 0 Å². The summed E-state index contributed by atoms with van der Waals surface area (Å²) < 4.78 is 0. The van der Waals surface area contributed by atoms with Crippen LogP contribution in [-0.2, 0) is 15.3 Å². The number of likely N-dealkylation sites (N-methyl/N-ethyl adjacent to an activating group) is 1. The molecule has 1 rings (SSSR count). The molecule has 1 atom stereocenters. The largest absolute Gasteiger partial charge is 0.480 e. The number of rotatable bonds is 6. The number of carboxylic acid groups (broad SMARTS) is 1. The summed E-state index contributed by atoms with van der Waals surface area (Å²) in [6.07, 6.45) is 0. The van der Waals surface area contributed by atoms with E-state index in [-0.39, 0.29) is 11.7 Å². The summed E-state index contributed by atoms with van der Waals surface area (Å²) in [7, 11) is 1.49. The summed E-state index contributed by atoms with van der Waals surface area (Å²) in [5, 5.41) is 17.5. The highest BCUT2D eigenvalue weighted by Gasteiger charge is 2.21. The molecule has 0 fully saturated rings. The van der Waals surface area contributed by atoms with Crippen LogP contribution in [0.15, 0.2) is 24.3 Å². The van der Waals surface area contributed by atoms with Crippen LogP contribution in [0.2, 0.25) is 0 Å². The molecular weight excluding hydrogens is 276 g/mol. The summed E-state index contributed by atoms with van der Waals surface area (Å²) in [6, 6.07) is 8.38. The molecule has 0 spiro atoms. The van der Waals surface area contributed by atoms with Crippen LogP contribution in [0.3, 0.4) is 0 Å². The van der Waals surface area contributed by atoms with Crippen LogP contribution >= 0.6 is 11.8 Å². The lowest BCUT2D eigenvalue weighted by molar-refractivity contribution is -0.147. The Morgan fingerprint density at radius 1 is 1.40 bits per heavy atom. The van der Waals surface area contributed by atoms with Crippen LogP contribution in [0.5, 0.6) is 0 Å². The molecule has 0 saturated heterocycles. The van der Waals surface area contributed by atoms with E-state index in [9.17, 15) is 9.59 Å². The van der Waals surface area contributed by atoms with Gasteiger partial charge in [0.25, 0.3) is 0 Å². The van der Waals surface area contributed by atoms with E-state index in [1.165, 1.54) is 30.6 Å². The molecule has 0 radical (unpaired) electrons. The van der Waals surface area contributed by atoms with Crippen LogP contribution in [0, 0.1) is 11.3 Å². The fourth-order valence-corrected chi connectivity index (χ4v) is 2.32. The first kappa shape index (κ1) is 16.1. The third-order valence-electron chi connectivity index (χ3n) is 2.91. The monoisotopic (exact) mass is 292 g/mol. The number of carbonyl (C=O) groups excluding carboxylic acids is 1. The lowest BCUT2D eigenvalue weighted by Crippen LogP contribution is -2.41. The zero-order chi connectivity index (χ0) is 15.1. The second kappa shape index (κ2) is 7.56. The number of aliphatic carboxylic acids is 1. The minimum Gasteiger partial charge on any atom is -0.480 e. The summed E-state index contributed by atoms with van der Waals surface area (Å²) in [5.74, 6) is -0.350. The van der Waals surface area contributed by atoms with Gasteiger partial charge >= 0.3 is 5.97 Å². The van der Waals surface area contributed by atoms with Gasteiger partial charge in [0.2, 0.25) is 5.91 Å². The van der Waals surface area contributed by atoms with Crippen molar-refractivity contribution in [1.29, 1.82) is 5.26 Å². The lowest BCUT2D eigenvalue weighted by Gasteiger charge is -2.21. The molecule has 0 aliphatic carbocycles. The molecule has 1 aromatic carbocycles. The molecule has 6 heteroatoms. The summed E-state index contributed by atoms with van der Waals surface area (Å²) in [5.41, 5.74) is 1.63. The first-order valence-corrected chi connectivity index (χ1v) is 7.16. The van der Waals surface area contributed by atoms with Gasteiger partial charge < -0.3 is 10.0 Å². The second-order valence-electron chi connectivity index (χ2n) is 4.32. The molecule has 106 valence electrons. The quantitative estimate of drug-likeness (QED) is 0.863. The van der Waals surface area contributed by atoms with Crippen LogP contribution in [0.4, 0.5) is 0 Å². The van der Waals surface area contributed by atoms with Gasteiger partial charge in [0.05, 0.1) is 17.4 Å². The van der Waals surface area contributed by atoms with Gasteiger partial charge in [-0.2, -0.15) is 5.26 Å². The van der Waals surface area contributed by atoms with E-state index >= 15 is 0 Å². The molecular formula is C14H16N2O3S. The van der Waals surface area contributed by atoms with Gasteiger partial charge in [0.15, 0.2) is 0 Å². The minimum atomic E-state index is -1.02. The van der Waals surface area contributed by atoms with Gasteiger partial charge in [0.1, 0.15) is 6.04 Å². The molecule has 0 aliphatic heterocycles. The number of carboxylic acids is 1. The topological polar surface area (TPSA) is 81.4 Å². The van der Waals surface area contributed by atoms with Gasteiger partial charge in [-0.25, -0.2) is 4.79 Å². The lowest BCUT2D eigenvalue weighted by atomic mass is 10.2. The Morgan fingerprint density at radius 2 is 2.00 bits per heavy atom. The van der Waals surface area contributed by atoms with Crippen molar-refractivity contribution in [1.82, 2.24) is 4.90 Å². The maximum Gasteiger partial charge on any atom is 0.326 e. The number of thioether (sulfide) groups is 1. The van der Waals surface area contributed by atoms with Crippen molar-refractivity contribution in [3.63, 3.8) is 0 Å². The first-order valence-electron chi connectivity index (χ1n) is 6.01. The third-order valence-corrected chi connectivity index (χ3v) is 3.90. The Hall–Kier alpha value is -2.00. The van der Waals surface area contributed by atoms with Gasteiger partial charge in [-0.3, -0.25) is 4.79 Å². The maximum atomic E-state index is 11.8. The van der Waals surface area contributed by atoms with E-state index in [0.717, 1.165) is 5.56 Å². The SMILES string of the molecule is CC(C(=O)O)N(C)C(=O)CSCc1ccc(C#N)cc1. The molecule has 5 nitrogen and oxygen atoms in total. The fourth-order valence-electron chi connectivity index (χ4n) is 1.42. The Kier molecular flexibility index (Phi) is 6.07. The molecule has 0 heterocycles. The van der Waals surface area contributed by atoms with Crippen LogP contribution in [0.1, 0.15) is 18.1 Å². The van der Waals surface area contributed by atoms with Crippen molar-refractivity contribution in [3.05, 3.63) is 35.4 Å². The molecule has 20 heavy (non-hydrogen) atoms. The second-order valence-corrected chi connectivity index (χ2v) is 5.31. The Balaban J connectivity index is 2.42. The predicted molar refractivity (Wildman–Crippen MR) is 77.2 cm³/mol.